The van der Waals surface area contributed by atoms with Gasteiger partial charge in [0.2, 0.25) is 0 Å². The van der Waals surface area contributed by atoms with Crippen molar-refractivity contribution in [2.75, 3.05) is 5.32 Å². The average Bonchev–Trinajstić information content (AvgIpc) is 2.55. The van der Waals surface area contributed by atoms with Crippen molar-refractivity contribution in [3.8, 4) is 5.75 Å². The molecule has 3 aromatic rings. The molecule has 5 nitrogen and oxygen atoms in total. The van der Waals surface area contributed by atoms with Gasteiger partial charge in [-0.1, -0.05) is 17.7 Å². The van der Waals surface area contributed by atoms with Gasteiger partial charge in [-0.2, -0.15) is 0 Å². The maximum Gasteiger partial charge on any atom is 0.337 e. The molecule has 25 heavy (non-hydrogen) atoms. The van der Waals surface area contributed by atoms with Crippen LogP contribution in [0.1, 0.15) is 29.8 Å². The number of ether oxygens (including phenoxy) is 1. The molecular weight excluding hydrogens is 318 g/mol. The highest BCUT2D eigenvalue weighted by molar-refractivity contribution is 6.12. The number of rotatable bonds is 4. The number of carbonyl (C=O) groups excluding carboxylic acids is 1. The summed E-state index contributed by atoms with van der Waals surface area (Å²) in [5.41, 5.74) is 1.77. The monoisotopic (exact) mass is 337 g/mol. The first kappa shape index (κ1) is 16.8. The van der Waals surface area contributed by atoms with Crippen LogP contribution in [0.3, 0.4) is 0 Å². The van der Waals surface area contributed by atoms with Crippen molar-refractivity contribution in [2.24, 2.45) is 0 Å². The van der Waals surface area contributed by atoms with E-state index in [9.17, 15) is 9.59 Å². The van der Waals surface area contributed by atoms with E-state index in [0.717, 1.165) is 5.56 Å². The molecule has 5 heteroatoms. The van der Waals surface area contributed by atoms with Crippen LogP contribution >= 0.6 is 0 Å². The lowest BCUT2D eigenvalue weighted by Crippen LogP contribution is -2.15. The van der Waals surface area contributed by atoms with Crippen molar-refractivity contribution in [3.05, 3.63) is 70.1 Å². The van der Waals surface area contributed by atoms with Gasteiger partial charge in [0.25, 0.3) is 5.91 Å². The zero-order valence-electron chi connectivity index (χ0n) is 14.3. The van der Waals surface area contributed by atoms with Crippen LogP contribution in [0.15, 0.2) is 57.7 Å². The number of benzene rings is 2. The molecule has 0 spiro atoms. The lowest BCUT2D eigenvalue weighted by atomic mass is 10.1. The molecule has 2 aromatic carbocycles. The predicted molar refractivity (Wildman–Crippen MR) is 97.4 cm³/mol. The summed E-state index contributed by atoms with van der Waals surface area (Å²) < 4.78 is 10.8. The Morgan fingerprint density at radius 1 is 1.08 bits per heavy atom. The summed E-state index contributed by atoms with van der Waals surface area (Å²) in [7, 11) is 0. The summed E-state index contributed by atoms with van der Waals surface area (Å²) in [5, 5.41) is 3.36. The quantitative estimate of drug-likeness (QED) is 0.727. The van der Waals surface area contributed by atoms with Gasteiger partial charge in [0, 0.05) is 23.2 Å². The number of fused-ring (bicyclic) bond motifs is 1. The Kier molecular flexibility index (Phi) is 4.57. The molecule has 0 saturated heterocycles. The number of aryl methyl sites for hydroxylation is 1. The fraction of sp³-hybridized carbons (Fsp3) is 0.200. The molecule has 0 unspecified atom stereocenters. The summed E-state index contributed by atoms with van der Waals surface area (Å²) in [4.78, 5) is 24.5. The second kappa shape index (κ2) is 6.81. The second-order valence-electron chi connectivity index (χ2n) is 6.12. The zero-order chi connectivity index (χ0) is 18.0. The summed E-state index contributed by atoms with van der Waals surface area (Å²) >= 11 is 0. The number of anilines is 1. The van der Waals surface area contributed by atoms with Gasteiger partial charge in [-0.3, -0.25) is 4.79 Å². The van der Waals surface area contributed by atoms with Crippen LogP contribution in [0.4, 0.5) is 5.69 Å². The van der Waals surface area contributed by atoms with E-state index in [1.165, 1.54) is 6.07 Å². The number of nitrogens with one attached hydrogen (secondary N) is 1. The summed E-state index contributed by atoms with van der Waals surface area (Å²) in [6.45, 7) is 5.79. The fourth-order valence-electron chi connectivity index (χ4n) is 2.51. The second-order valence-corrected chi connectivity index (χ2v) is 6.12. The summed E-state index contributed by atoms with van der Waals surface area (Å²) in [5.74, 6) is 0.223. The first-order chi connectivity index (χ1) is 11.9. The zero-order valence-corrected chi connectivity index (χ0v) is 14.3. The van der Waals surface area contributed by atoms with Crippen molar-refractivity contribution in [2.45, 2.75) is 26.9 Å². The topological polar surface area (TPSA) is 68.5 Å². The standard InChI is InChI=1S/C20H19NO4/c1-12(2)24-15-8-9-16-17(11-19(22)25-18(16)10-15)20(23)21-14-6-4-13(3)5-7-14/h4-12H,1-3H3,(H,21,23). The molecule has 0 fully saturated rings. The van der Waals surface area contributed by atoms with Gasteiger partial charge in [0.1, 0.15) is 11.3 Å². The molecule has 0 saturated carbocycles. The SMILES string of the molecule is Cc1ccc(NC(=O)c2cc(=O)oc3cc(OC(C)C)ccc23)cc1. The van der Waals surface area contributed by atoms with E-state index in [-0.39, 0.29) is 17.6 Å². The normalized spacial score (nSPS) is 10.9. The maximum atomic E-state index is 12.6. The minimum atomic E-state index is -0.580. The number of hydrogen-bond acceptors (Lipinski definition) is 4. The molecule has 0 aliphatic heterocycles. The molecule has 0 aliphatic rings. The summed E-state index contributed by atoms with van der Waals surface area (Å²) in [6.07, 6.45) is -0.00260. The molecule has 128 valence electrons. The molecular formula is C20H19NO4. The van der Waals surface area contributed by atoms with Gasteiger partial charge < -0.3 is 14.5 Å². The molecule has 1 amide bonds. The van der Waals surface area contributed by atoms with Gasteiger partial charge >= 0.3 is 5.63 Å². The van der Waals surface area contributed by atoms with Crippen molar-refractivity contribution < 1.29 is 13.9 Å². The van der Waals surface area contributed by atoms with Gasteiger partial charge in [-0.25, -0.2) is 4.79 Å². The van der Waals surface area contributed by atoms with Gasteiger partial charge in [0.15, 0.2) is 0 Å². The molecule has 1 aromatic heterocycles. The Balaban J connectivity index is 1.98. The highest BCUT2D eigenvalue weighted by Gasteiger charge is 2.14. The van der Waals surface area contributed by atoms with E-state index in [2.05, 4.69) is 5.32 Å². The Morgan fingerprint density at radius 3 is 2.48 bits per heavy atom. The van der Waals surface area contributed by atoms with Crippen molar-refractivity contribution in [3.63, 3.8) is 0 Å². The van der Waals surface area contributed by atoms with E-state index in [1.807, 2.05) is 45.0 Å². The van der Waals surface area contributed by atoms with Gasteiger partial charge in [-0.15, -0.1) is 0 Å². The minimum absolute atomic E-state index is 0.00260. The van der Waals surface area contributed by atoms with Crippen molar-refractivity contribution in [1.29, 1.82) is 0 Å². The van der Waals surface area contributed by atoms with Crippen LogP contribution in [0.2, 0.25) is 0 Å². The Bertz CT molecular complexity index is 971. The summed E-state index contributed by atoms with van der Waals surface area (Å²) in [6, 6.07) is 13.7. The van der Waals surface area contributed by atoms with E-state index >= 15 is 0 Å². The van der Waals surface area contributed by atoms with E-state index in [1.54, 1.807) is 18.2 Å². The van der Waals surface area contributed by atoms with E-state index in [0.29, 0.717) is 22.4 Å². The first-order valence-electron chi connectivity index (χ1n) is 8.05. The van der Waals surface area contributed by atoms with E-state index in [4.69, 9.17) is 9.15 Å². The van der Waals surface area contributed by atoms with Crippen LogP contribution < -0.4 is 15.7 Å². The van der Waals surface area contributed by atoms with Gasteiger partial charge in [-0.05, 0) is 45.0 Å². The van der Waals surface area contributed by atoms with Crippen LogP contribution in [0.5, 0.6) is 5.75 Å². The molecule has 0 bridgehead atoms. The highest BCUT2D eigenvalue weighted by Crippen LogP contribution is 2.24. The Hall–Kier alpha value is -3.08. The largest absolute Gasteiger partial charge is 0.491 e. The van der Waals surface area contributed by atoms with Crippen LogP contribution in [-0.2, 0) is 0 Å². The highest BCUT2D eigenvalue weighted by atomic mass is 16.5. The Labute approximate surface area is 145 Å². The number of carbonyl (C=O) groups is 1. The lowest BCUT2D eigenvalue weighted by Gasteiger charge is -2.11. The van der Waals surface area contributed by atoms with Crippen LogP contribution in [0, 0.1) is 6.92 Å². The van der Waals surface area contributed by atoms with Crippen molar-refractivity contribution >= 4 is 22.6 Å². The molecule has 1 heterocycles. The first-order valence-corrected chi connectivity index (χ1v) is 8.05. The molecule has 3 rings (SSSR count). The predicted octanol–water partition coefficient (Wildman–Crippen LogP) is 4.14. The Morgan fingerprint density at radius 2 is 1.80 bits per heavy atom. The van der Waals surface area contributed by atoms with Crippen LogP contribution in [-0.4, -0.2) is 12.0 Å². The van der Waals surface area contributed by atoms with Gasteiger partial charge in [0.05, 0.1) is 11.7 Å². The maximum absolute atomic E-state index is 12.6. The molecule has 0 aliphatic carbocycles. The van der Waals surface area contributed by atoms with Crippen molar-refractivity contribution in [1.82, 2.24) is 0 Å². The van der Waals surface area contributed by atoms with Crippen LogP contribution in [0.25, 0.3) is 11.0 Å². The third kappa shape index (κ3) is 3.88. The average molecular weight is 337 g/mol. The molecule has 0 atom stereocenters. The third-order valence-electron chi connectivity index (χ3n) is 3.64. The molecule has 1 N–H and O–H groups in total. The lowest BCUT2D eigenvalue weighted by molar-refractivity contribution is 0.102. The third-order valence-corrected chi connectivity index (χ3v) is 3.64. The number of hydrogen-bond donors (Lipinski definition) is 1. The number of amides is 1. The van der Waals surface area contributed by atoms with E-state index < -0.39 is 5.63 Å². The minimum Gasteiger partial charge on any atom is -0.491 e. The smallest absolute Gasteiger partial charge is 0.337 e. The molecule has 0 radical (unpaired) electrons. The fourth-order valence-corrected chi connectivity index (χ4v) is 2.51.